The summed E-state index contributed by atoms with van der Waals surface area (Å²) < 4.78 is 6.16. The SMILES string of the molecule is CCC(CC)O[C@@H]1CC(C)=C[C@@H]2C1N2C(C)=O. The van der Waals surface area contributed by atoms with Crippen LogP contribution in [0, 0.1) is 0 Å². The summed E-state index contributed by atoms with van der Waals surface area (Å²) in [5.74, 6) is 0.170. The smallest absolute Gasteiger partial charge is 0.220 e. The molecule has 1 aliphatic heterocycles. The molecule has 1 fully saturated rings. The molecular weight excluding hydrogens is 214 g/mol. The molecule has 0 spiro atoms. The zero-order valence-corrected chi connectivity index (χ0v) is 11.3. The van der Waals surface area contributed by atoms with E-state index in [0.29, 0.717) is 18.2 Å². The number of amides is 1. The first-order chi connectivity index (χ1) is 8.08. The Balaban J connectivity index is 2.04. The summed E-state index contributed by atoms with van der Waals surface area (Å²) in [4.78, 5) is 13.4. The highest BCUT2D eigenvalue weighted by Gasteiger charge is 2.55. The second kappa shape index (κ2) is 4.81. The number of hydrogen-bond acceptors (Lipinski definition) is 2. The van der Waals surface area contributed by atoms with Crippen molar-refractivity contribution in [1.29, 1.82) is 0 Å². The van der Waals surface area contributed by atoms with E-state index in [1.807, 2.05) is 4.90 Å². The van der Waals surface area contributed by atoms with Gasteiger partial charge < -0.3 is 9.64 Å². The van der Waals surface area contributed by atoms with E-state index in [9.17, 15) is 4.79 Å². The van der Waals surface area contributed by atoms with Crippen LogP contribution in [0.3, 0.4) is 0 Å². The van der Waals surface area contributed by atoms with Crippen molar-refractivity contribution in [2.45, 2.75) is 71.2 Å². The molecule has 1 saturated heterocycles. The summed E-state index contributed by atoms with van der Waals surface area (Å²) >= 11 is 0. The van der Waals surface area contributed by atoms with Gasteiger partial charge in [-0.15, -0.1) is 0 Å². The number of fused-ring (bicyclic) bond motifs is 1. The molecule has 1 heterocycles. The molecule has 2 aliphatic rings. The largest absolute Gasteiger partial charge is 0.372 e. The highest BCUT2D eigenvalue weighted by molar-refractivity contribution is 5.78. The van der Waals surface area contributed by atoms with Crippen LogP contribution < -0.4 is 0 Å². The van der Waals surface area contributed by atoms with Crippen molar-refractivity contribution in [3.8, 4) is 0 Å². The Hall–Kier alpha value is -0.830. The van der Waals surface area contributed by atoms with E-state index >= 15 is 0 Å². The van der Waals surface area contributed by atoms with Crippen molar-refractivity contribution in [3.05, 3.63) is 11.6 Å². The second-order valence-electron chi connectivity index (χ2n) is 5.24. The minimum absolute atomic E-state index is 0.170. The van der Waals surface area contributed by atoms with Crippen molar-refractivity contribution in [2.24, 2.45) is 0 Å². The van der Waals surface area contributed by atoms with Gasteiger partial charge in [0.2, 0.25) is 5.91 Å². The third-order valence-electron chi connectivity index (χ3n) is 3.90. The van der Waals surface area contributed by atoms with Gasteiger partial charge in [0.25, 0.3) is 0 Å². The lowest BCUT2D eigenvalue weighted by atomic mass is 9.97. The fourth-order valence-corrected chi connectivity index (χ4v) is 2.92. The lowest BCUT2D eigenvalue weighted by molar-refractivity contribution is -0.125. The molecule has 2 rings (SSSR count). The topological polar surface area (TPSA) is 29.3 Å². The van der Waals surface area contributed by atoms with Gasteiger partial charge >= 0.3 is 0 Å². The minimum atomic E-state index is 0.170. The Kier molecular flexibility index (Phi) is 3.57. The average molecular weight is 237 g/mol. The van der Waals surface area contributed by atoms with Gasteiger partial charge in [0.1, 0.15) is 0 Å². The first-order valence-electron chi connectivity index (χ1n) is 6.70. The summed E-state index contributed by atoms with van der Waals surface area (Å²) in [5, 5.41) is 0. The Morgan fingerprint density at radius 1 is 1.53 bits per heavy atom. The molecule has 3 atom stereocenters. The van der Waals surface area contributed by atoms with Crippen LogP contribution in [-0.2, 0) is 9.53 Å². The first-order valence-corrected chi connectivity index (χ1v) is 6.70. The molecule has 3 nitrogen and oxygen atoms in total. The first kappa shape index (κ1) is 12.6. The van der Waals surface area contributed by atoms with Crippen molar-refractivity contribution in [2.75, 3.05) is 0 Å². The van der Waals surface area contributed by atoms with E-state index in [1.54, 1.807) is 6.92 Å². The maximum absolute atomic E-state index is 11.5. The van der Waals surface area contributed by atoms with Crippen molar-refractivity contribution < 1.29 is 9.53 Å². The third kappa shape index (κ3) is 2.39. The maximum Gasteiger partial charge on any atom is 0.220 e. The van der Waals surface area contributed by atoms with Gasteiger partial charge in [-0.2, -0.15) is 0 Å². The monoisotopic (exact) mass is 237 g/mol. The van der Waals surface area contributed by atoms with E-state index in [4.69, 9.17) is 4.74 Å². The van der Waals surface area contributed by atoms with Gasteiger partial charge in [0.05, 0.1) is 24.3 Å². The number of nitrogens with zero attached hydrogens (tertiary/aromatic N) is 1. The molecule has 17 heavy (non-hydrogen) atoms. The lowest BCUT2D eigenvalue weighted by Gasteiger charge is -2.25. The molecule has 1 amide bonds. The van der Waals surface area contributed by atoms with Crippen LogP contribution in [0.5, 0.6) is 0 Å². The summed E-state index contributed by atoms with van der Waals surface area (Å²) in [6.07, 6.45) is 5.83. The Bertz CT molecular complexity index is 333. The molecule has 0 aromatic rings. The van der Waals surface area contributed by atoms with Crippen molar-refractivity contribution in [3.63, 3.8) is 0 Å². The number of carbonyl (C=O) groups excluding carboxylic acids is 1. The van der Waals surface area contributed by atoms with Gasteiger partial charge in [0.15, 0.2) is 0 Å². The molecule has 1 unspecified atom stereocenters. The average Bonchev–Trinajstić information content (AvgIpc) is 2.99. The quantitative estimate of drug-likeness (QED) is 0.555. The number of rotatable bonds is 4. The molecule has 0 N–H and O–H groups in total. The summed E-state index contributed by atoms with van der Waals surface area (Å²) in [7, 11) is 0. The van der Waals surface area contributed by atoms with Crippen LogP contribution in [-0.4, -0.2) is 35.1 Å². The normalized spacial score (nSPS) is 31.2. The predicted octanol–water partition coefficient (Wildman–Crippen LogP) is 2.51. The van der Waals surface area contributed by atoms with E-state index in [2.05, 4.69) is 26.8 Å². The van der Waals surface area contributed by atoms with Crippen molar-refractivity contribution >= 4 is 5.91 Å². The molecular formula is C14H23NO2. The number of carbonyl (C=O) groups is 1. The highest BCUT2D eigenvalue weighted by Crippen LogP contribution is 2.41. The highest BCUT2D eigenvalue weighted by atomic mass is 16.5. The summed E-state index contributed by atoms with van der Waals surface area (Å²) in [6, 6.07) is 0.609. The molecule has 0 bridgehead atoms. The Morgan fingerprint density at radius 2 is 2.18 bits per heavy atom. The maximum atomic E-state index is 11.5. The van der Waals surface area contributed by atoms with E-state index < -0.39 is 0 Å². The molecule has 0 aromatic carbocycles. The Labute approximate surface area is 104 Å². The van der Waals surface area contributed by atoms with Crippen molar-refractivity contribution in [1.82, 2.24) is 4.90 Å². The predicted molar refractivity (Wildman–Crippen MR) is 67.7 cm³/mol. The van der Waals surface area contributed by atoms with Gasteiger partial charge in [-0.3, -0.25) is 4.79 Å². The second-order valence-corrected chi connectivity index (χ2v) is 5.24. The van der Waals surface area contributed by atoms with E-state index in [0.717, 1.165) is 19.3 Å². The van der Waals surface area contributed by atoms with Gasteiger partial charge in [0, 0.05) is 6.92 Å². The fraction of sp³-hybridized carbons (Fsp3) is 0.786. The number of hydrogen-bond donors (Lipinski definition) is 0. The lowest BCUT2D eigenvalue weighted by Crippen LogP contribution is -2.30. The molecule has 0 saturated carbocycles. The zero-order valence-electron chi connectivity index (χ0n) is 11.3. The van der Waals surface area contributed by atoms with Crippen LogP contribution in [0.4, 0.5) is 0 Å². The zero-order chi connectivity index (χ0) is 12.6. The van der Waals surface area contributed by atoms with Crippen LogP contribution in [0.25, 0.3) is 0 Å². The number of ether oxygens (including phenoxy) is 1. The van der Waals surface area contributed by atoms with Crippen LogP contribution in [0.2, 0.25) is 0 Å². The molecule has 3 heteroatoms. The molecule has 96 valence electrons. The van der Waals surface area contributed by atoms with Crippen LogP contribution in [0.15, 0.2) is 11.6 Å². The third-order valence-corrected chi connectivity index (χ3v) is 3.90. The molecule has 0 radical (unpaired) electrons. The Morgan fingerprint density at radius 3 is 2.71 bits per heavy atom. The van der Waals surface area contributed by atoms with E-state index in [1.165, 1.54) is 5.57 Å². The molecule has 1 aliphatic carbocycles. The standard InChI is InChI=1S/C14H23NO2/c1-5-11(6-2)17-13-8-9(3)7-12-14(13)15(12)10(4)16/h7,11-14H,5-6,8H2,1-4H3/t12-,13-,14?,15?/m1/s1. The minimum Gasteiger partial charge on any atom is -0.372 e. The van der Waals surface area contributed by atoms with E-state index in [-0.39, 0.29) is 12.0 Å². The van der Waals surface area contributed by atoms with Gasteiger partial charge in [-0.05, 0) is 26.2 Å². The van der Waals surface area contributed by atoms with Crippen LogP contribution in [0.1, 0.15) is 47.0 Å². The van der Waals surface area contributed by atoms with Gasteiger partial charge in [-0.1, -0.05) is 25.5 Å². The summed E-state index contributed by atoms with van der Waals surface area (Å²) in [5.41, 5.74) is 1.35. The fourth-order valence-electron chi connectivity index (χ4n) is 2.92. The van der Waals surface area contributed by atoms with Gasteiger partial charge in [-0.25, -0.2) is 0 Å². The van der Waals surface area contributed by atoms with Crippen LogP contribution >= 0.6 is 0 Å². The summed E-state index contributed by atoms with van der Waals surface area (Å²) in [6.45, 7) is 8.10. The molecule has 0 aromatic heterocycles.